The highest BCUT2D eigenvalue weighted by Gasteiger charge is 2.19. The number of carboxylic acid groups (broad SMARTS) is 1. The van der Waals surface area contributed by atoms with Crippen molar-refractivity contribution < 1.29 is 9.90 Å². The molecule has 6 heteroatoms. The van der Waals surface area contributed by atoms with E-state index in [1.807, 2.05) is 0 Å². The standard InChI is InChI=1S/C11H7BrClNO2S/c1-5-14-9(11(15)16)10(17-5)7-4-6(13)2-3-8(7)12/h2-4H,1H3,(H,15,16). The number of rotatable bonds is 2. The van der Waals surface area contributed by atoms with Crippen LogP contribution in [0.1, 0.15) is 15.5 Å². The number of thiazole rings is 1. The van der Waals surface area contributed by atoms with Crippen molar-refractivity contribution >= 4 is 44.8 Å². The summed E-state index contributed by atoms with van der Waals surface area (Å²) in [6.07, 6.45) is 0. The van der Waals surface area contributed by atoms with Gasteiger partial charge in [0.1, 0.15) is 0 Å². The third kappa shape index (κ3) is 2.51. The van der Waals surface area contributed by atoms with E-state index in [-0.39, 0.29) is 5.69 Å². The van der Waals surface area contributed by atoms with Crippen LogP contribution in [0.25, 0.3) is 10.4 Å². The highest BCUT2D eigenvalue weighted by atomic mass is 79.9. The van der Waals surface area contributed by atoms with Crippen LogP contribution in [0.2, 0.25) is 5.02 Å². The van der Waals surface area contributed by atoms with Crippen molar-refractivity contribution in [1.29, 1.82) is 0 Å². The number of carboxylic acids is 1. The molecule has 0 saturated carbocycles. The predicted octanol–water partition coefficient (Wildman–Crippen LogP) is 4.23. The molecule has 1 aromatic heterocycles. The smallest absolute Gasteiger partial charge is 0.356 e. The molecule has 0 saturated heterocycles. The summed E-state index contributed by atoms with van der Waals surface area (Å²) in [7, 11) is 0. The number of carbonyl (C=O) groups is 1. The van der Waals surface area contributed by atoms with Crippen LogP contribution in [0.5, 0.6) is 0 Å². The maximum Gasteiger partial charge on any atom is 0.356 e. The van der Waals surface area contributed by atoms with Gasteiger partial charge in [-0.25, -0.2) is 9.78 Å². The molecule has 1 N–H and O–H groups in total. The molecule has 3 nitrogen and oxygen atoms in total. The Balaban J connectivity index is 2.67. The Labute approximate surface area is 115 Å². The largest absolute Gasteiger partial charge is 0.476 e. The second kappa shape index (κ2) is 4.76. The molecule has 0 spiro atoms. The summed E-state index contributed by atoms with van der Waals surface area (Å²) in [6, 6.07) is 5.26. The number of aryl methyl sites for hydroxylation is 1. The molecule has 0 radical (unpaired) electrons. The molecule has 2 rings (SSSR count). The molecule has 0 bridgehead atoms. The van der Waals surface area contributed by atoms with Crippen LogP contribution in [-0.4, -0.2) is 16.1 Å². The van der Waals surface area contributed by atoms with Crippen molar-refractivity contribution in [2.75, 3.05) is 0 Å². The Morgan fingerprint density at radius 1 is 1.53 bits per heavy atom. The first-order valence-corrected chi connectivity index (χ1v) is 6.64. The topological polar surface area (TPSA) is 50.2 Å². The fraction of sp³-hybridized carbons (Fsp3) is 0.0909. The summed E-state index contributed by atoms with van der Waals surface area (Å²) in [5.41, 5.74) is 0.816. The average molecular weight is 333 g/mol. The third-order valence-electron chi connectivity index (χ3n) is 2.11. The molecular formula is C11H7BrClNO2S. The normalized spacial score (nSPS) is 10.5. The molecule has 17 heavy (non-hydrogen) atoms. The maximum atomic E-state index is 11.1. The van der Waals surface area contributed by atoms with Crippen LogP contribution in [-0.2, 0) is 0 Å². The molecule has 0 atom stereocenters. The number of benzene rings is 1. The van der Waals surface area contributed by atoms with Crippen molar-refractivity contribution in [3.05, 3.63) is 38.4 Å². The first kappa shape index (κ1) is 12.5. The molecule has 0 fully saturated rings. The molecule has 1 heterocycles. The first-order valence-electron chi connectivity index (χ1n) is 4.65. The highest BCUT2D eigenvalue weighted by Crippen LogP contribution is 2.36. The minimum Gasteiger partial charge on any atom is -0.476 e. The van der Waals surface area contributed by atoms with Gasteiger partial charge in [-0.05, 0) is 25.1 Å². The Bertz CT molecular complexity index is 597. The van der Waals surface area contributed by atoms with Crippen molar-refractivity contribution in [2.45, 2.75) is 6.92 Å². The van der Waals surface area contributed by atoms with Gasteiger partial charge in [0.2, 0.25) is 0 Å². The third-order valence-corrected chi connectivity index (χ3v) is 4.04. The second-order valence-electron chi connectivity index (χ2n) is 3.34. The van der Waals surface area contributed by atoms with Crippen LogP contribution >= 0.6 is 38.9 Å². The van der Waals surface area contributed by atoms with Gasteiger partial charge in [0, 0.05) is 15.1 Å². The van der Waals surface area contributed by atoms with Gasteiger partial charge in [-0.3, -0.25) is 0 Å². The summed E-state index contributed by atoms with van der Waals surface area (Å²) in [4.78, 5) is 15.7. The van der Waals surface area contributed by atoms with Crippen LogP contribution in [0.4, 0.5) is 0 Å². The van der Waals surface area contributed by atoms with Crippen LogP contribution in [0, 0.1) is 6.92 Å². The van der Waals surface area contributed by atoms with Gasteiger partial charge < -0.3 is 5.11 Å². The fourth-order valence-corrected chi connectivity index (χ4v) is 3.12. The molecule has 88 valence electrons. The van der Waals surface area contributed by atoms with E-state index in [2.05, 4.69) is 20.9 Å². The quantitative estimate of drug-likeness (QED) is 0.895. The minimum absolute atomic E-state index is 0.0652. The molecule has 0 aliphatic carbocycles. The lowest BCUT2D eigenvalue weighted by atomic mass is 10.1. The van der Waals surface area contributed by atoms with E-state index in [0.717, 1.165) is 10.0 Å². The van der Waals surface area contributed by atoms with E-state index in [4.69, 9.17) is 16.7 Å². The van der Waals surface area contributed by atoms with Crippen LogP contribution < -0.4 is 0 Å². The predicted molar refractivity (Wildman–Crippen MR) is 72.0 cm³/mol. The summed E-state index contributed by atoms with van der Waals surface area (Å²) >= 11 is 10.6. The van der Waals surface area contributed by atoms with E-state index < -0.39 is 5.97 Å². The fourth-order valence-electron chi connectivity index (χ4n) is 1.43. The zero-order chi connectivity index (χ0) is 12.6. The lowest BCUT2D eigenvalue weighted by Gasteiger charge is -2.03. The average Bonchev–Trinajstić information content (AvgIpc) is 2.64. The van der Waals surface area contributed by atoms with Gasteiger partial charge in [0.15, 0.2) is 5.69 Å². The molecule has 0 aliphatic rings. The number of halogens is 2. The number of hydrogen-bond donors (Lipinski definition) is 1. The Morgan fingerprint density at radius 2 is 2.24 bits per heavy atom. The number of hydrogen-bond acceptors (Lipinski definition) is 3. The Morgan fingerprint density at radius 3 is 2.88 bits per heavy atom. The van der Waals surface area contributed by atoms with Crippen LogP contribution in [0.15, 0.2) is 22.7 Å². The van der Waals surface area contributed by atoms with Crippen molar-refractivity contribution in [3.8, 4) is 10.4 Å². The van der Waals surface area contributed by atoms with Gasteiger partial charge in [-0.1, -0.05) is 27.5 Å². The van der Waals surface area contributed by atoms with E-state index >= 15 is 0 Å². The highest BCUT2D eigenvalue weighted by molar-refractivity contribution is 9.10. The molecule has 0 aliphatic heterocycles. The minimum atomic E-state index is -1.03. The lowest BCUT2D eigenvalue weighted by Crippen LogP contribution is -1.99. The monoisotopic (exact) mass is 331 g/mol. The molecule has 1 aromatic carbocycles. The van der Waals surface area contributed by atoms with Gasteiger partial charge in [0.05, 0.1) is 9.88 Å². The molecule has 2 aromatic rings. The maximum absolute atomic E-state index is 11.1. The number of aromatic nitrogens is 1. The molecule has 0 amide bonds. The zero-order valence-electron chi connectivity index (χ0n) is 8.70. The summed E-state index contributed by atoms with van der Waals surface area (Å²) in [5, 5.41) is 10.4. The van der Waals surface area contributed by atoms with E-state index in [1.54, 1.807) is 25.1 Å². The van der Waals surface area contributed by atoms with E-state index in [9.17, 15) is 4.79 Å². The number of aromatic carboxylic acids is 1. The van der Waals surface area contributed by atoms with Gasteiger partial charge in [-0.15, -0.1) is 11.3 Å². The van der Waals surface area contributed by atoms with Gasteiger partial charge >= 0.3 is 5.97 Å². The molecular weight excluding hydrogens is 326 g/mol. The zero-order valence-corrected chi connectivity index (χ0v) is 11.9. The van der Waals surface area contributed by atoms with E-state index in [0.29, 0.717) is 14.9 Å². The summed E-state index contributed by atoms with van der Waals surface area (Å²) in [6.45, 7) is 1.78. The Kier molecular flexibility index (Phi) is 3.51. The number of nitrogens with zero attached hydrogens (tertiary/aromatic N) is 1. The van der Waals surface area contributed by atoms with Crippen LogP contribution in [0.3, 0.4) is 0 Å². The first-order chi connectivity index (χ1) is 7.99. The summed E-state index contributed by atoms with van der Waals surface area (Å²) < 4.78 is 0.799. The van der Waals surface area contributed by atoms with Gasteiger partial charge in [0.25, 0.3) is 0 Å². The van der Waals surface area contributed by atoms with E-state index in [1.165, 1.54) is 11.3 Å². The van der Waals surface area contributed by atoms with Crippen molar-refractivity contribution in [3.63, 3.8) is 0 Å². The lowest BCUT2D eigenvalue weighted by molar-refractivity contribution is 0.0692. The Hall–Kier alpha value is -0.910. The molecule has 0 unspecified atom stereocenters. The van der Waals surface area contributed by atoms with Crippen molar-refractivity contribution in [2.24, 2.45) is 0 Å². The SMILES string of the molecule is Cc1nc(C(=O)O)c(-c2cc(Cl)ccc2Br)s1. The summed E-state index contributed by atoms with van der Waals surface area (Å²) in [5.74, 6) is -1.03. The van der Waals surface area contributed by atoms with Gasteiger partial charge in [-0.2, -0.15) is 0 Å². The van der Waals surface area contributed by atoms with Crippen molar-refractivity contribution in [1.82, 2.24) is 4.98 Å². The second-order valence-corrected chi connectivity index (χ2v) is 5.83.